The Bertz CT molecular complexity index is 538. The van der Waals surface area contributed by atoms with Crippen LogP contribution in [0.3, 0.4) is 0 Å². The maximum atomic E-state index is 11.6. The Morgan fingerprint density at radius 3 is 2.52 bits per heavy atom. The van der Waals surface area contributed by atoms with E-state index >= 15 is 0 Å². The van der Waals surface area contributed by atoms with Crippen LogP contribution in [-0.4, -0.2) is 31.6 Å². The van der Waals surface area contributed by atoms with Crippen molar-refractivity contribution in [3.63, 3.8) is 0 Å². The van der Waals surface area contributed by atoms with Crippen LogP contribution in [0, 0.1) is 0 Å². The number of hydrogen-bond donors (Lipinski definition) is 0. The van der Waals surface area contributed by atoms with Gasteiger partial charge in [0.1, 0.15) is 0 Å². The van der Waals surface area contributed by atoms with Crippen molar-refractivity contribution < 1.29 is 19.0 Å². The molecule has 0 radical (unpaired) electrons. The minimum atomic E-state index is -0.381. The van der Waals surface area contributed by atoms with E-state index in [1.165, 1.54) is 5.57 Å². The van der Waals surface area contributed by atoms with Gasteiger partial charge < -0.3 is 14.2 Å². The second-order valence-corrected chi connectivity index (χ2v) is 5.34. The van der Waals surface area contributed by atoms with Crippen molar-refractivity contribution in [2.24, 2.45) is 0 Å². The first kappa shape index (κ1) is 14.3. The molecule has 0 aromatic heterocycles. The Labute approximate surface area is 124 Å². The fourth-order valence-electron chi connectivity index (χ4n) is 2.86. The summed E-state index contributed by atoms with van der Waals surface area (Å²) in [5.74, 6) is -0.651. The molecule has 0 bridgehead atoms. The highest BCUT2D eigenvalue weighted by Crippen LogP contribution is 2.38. The zero-order valence-corrected chi connectivity index (χ0v) is 12.3. The van der Waals surface area contributed by atoms with Crippen LogP contribution < -0.4 is 0 Å². The molecule has 1 spiro atoms. The molecule has 0 unspecified atom stereocenters. The van der Waals surface area contributed by atoms with Crippen LogP contribution in [0.15, 0.2) is 30.3 Å². The average molecular weight is 288 g/mol. The van der Waals surface area contributed by atoms with Crippen molar-refractivity contribution in [3.8, 4) is 0 Å². The molecule has 0 N–H and O–H groups in total. The summed E-state index contributed by atoms with van der Waals surface area (Å²) in [5, 5.41) is 0. The van der Waals surface area contributed by atoms with Crippen molar-refractivity contribution in [2.45, 2.75) is 32.0 Å². The molecule has 0 atom stereocenters. The highest BCUT2D eigenvalue weighted by atomic mass is 16.7. The smallest absolute Gasteiger partial charge is 0.338 e. The zero-order valence-electron chi connectivity index (χ0n) is 12.3. The molecule has 3 rings (SSSR count). The van der Waals surface area contributed by atoms with Gasteiger partial charge in [-0.3, -0.25) is 0 Å². The van der Waals surface area contributed by atoms with E-state index in [4.69, 9.17) is 14.2 Å². The van der Waals surface area contributed by atoms with Gasteiger partial charge in [-0.1, -0.05) is 18.2 Å². The van der Waals surface area contributed by atoms with Crippen LogP contribution >= 0.6 is 0 Å². The van der Waals surface area contributed by atoms with Gasteiger partial charge in [0.2, 0.25) is 0 Å². The van der Waals surface area contributed by atoms with Gasteiger partial charge in [-0.15, -0.1) is 0 Å². The molecule has 21 heavy (non-hydrogen) atoms. The Kier molecular flexibility index (Phi) is 4.08. The molecule has 112 valence electrons. The van der Waals surface area contributed by atoms with Gasteiger partial charge in [0.05, 0.1) is 25.4 Å². The van der Waals surface area contributed by atoms with Crippen LogP contribution in [0.1, 0.15) is 42.1 Å². The molecular formula is C17H20O4. The third kappa shape index (κ3) is 3.01. The summed E-state index contributed by atoms with van der Waals surface area (Å²) in [6.07, 6.45) is 4.80. The van der Waals surface area contributed by atoms with Gasteiger partial charge in [0, 0.05) is 12.8 Å². The minimum Gasteiger partial charge on any atom is -0.462 e. The summed E-state index contributed by atoms with van der Waals surface area (Å²) in [7, 11) is 0. The first-order chi connectivity index (χ1) is 10.2. The van der Waals surface area contributed by atoms with Gasteiger partial charge in [-0.2, -0.15) is 0 Å². The monoisotopic (exact) mass is 288 g/mol. The molecule has 4 heteroatoms. The molecule has 1 saturated heterocycles. The van der Waals surface area contributed by atoms with E-state index in [-0.39, 0.29) is 11.8 Å². The van der Waals surface area contributed by atoms with Gasteiger partial charge in [-0.25, -0.2) is 4.79 Å². The topological polar surface area (TPSA) is 44.8 Å². The summed E-state index contributed by atoms with van der Waals surface area (Å²) >= 11 is 0. The lowest BCUT2D eigenvalue weighted by molar-refractivity contribution is -0.159. The predicted molar refractivity (Wildman–Crippen MR) is 78.9 cm³/mol. The van der Waals surface area contributed by atoms with E-state index in [1.807, 2.05) is 31.2 Å². The summed E-state index contributed by atoms with van der Waals surface area (Å²) in [6.45, 7) is 3.59. The molecule has 1 aliphatic heterocycles. The van der Waals surface area contributed by atoms with Crippen molar-refractivity contribution >= 4 is 11.5 Å². The maximum Gasteiger partial charge on any atom is 0.338 e. The quantitative estimate of drug-likeness (QED) is 0.801. The third-order valence-corrected chi connectivity index (χ3v) is 4.02. The van der Waals surface area contributed by atoms with Gasteiger partial charge >= 0.3 is 5.97 Å². The first-order valence-electron chi connectivity index (χ1n) is 7.47. The fraction of sp³-hybridized carbons (Fsp3) is 0.471. The average Bonchev–Trinajstić information content (AvgIpc) is 2.97. The molecule has 1 heterocycles. The highest BCUT2D eigenvalue weighted by molar-refractivity contribution is 5.89. The van der Waals surface area contributed by atoms with Crippen LogP contribution in [0.5, 0.6) is 0 Å². The Morgan fingerprint density at radius 1 is 1.24 bits per heavy atom. The number of esters is 1. The van der Waals surface area contributed by atoms with Crippen LogP contribution in [-0.2, 0) is 14.2 Å². The molecule has 2 aliphatic rings. The van der Waals surface area contributed by atoms with Gasteiger partial charge in [-0.05, 0) is 36.6 Å². The Hall–Kier alpha value is -1.65. The Morgan fingerprint density at radius 2 is 1.95 bits per heavy atom. The van der Waals surface area contributed by atoms with Crippen molar-refractivity contribution in [3.05, 3.63) is 41.5 Å². The maximum absolute atomic E-state index is 11.6. The molecule has 4 nitrogen and oxygen atoms in total. The second-order valence-electron chi connectivity index (χ2n) is 5.34. The number of allylic oxidation sites excluding steroid dienone is 1. The van der Waals surface area contributed by atoms with Crippen LogP contribution in [0.2, 0.25) is 0 Å². The van der Waals surface area contributed by atoms with E-state index in [0.29, 0.717) is 25.4 Å². The molecule has 1 aromatic rings. The third-order valence-electron chi connectivity index (χ3n) is 4.02. The minimum absolute atomic E-state index is 0.270. The lowest BCUT2D eigenvalue weighted by Gasteiger charge is -2.30. The molecule has 1 aliphatic carbocycles. The fourth-order valence-corrected chi connectivity index (χ4v) is 2.86. The zero-order chi connectivity index (χ0) is 14.7. The normalized spacial score (nSPS) is 20.3. The summed E-state index contributed by atoms with van der Waals surface area (Å²) in [5.41, 5.74) is 3.03. The number of hydrogen-bond acceptors (Lipinski definition) is 4. The molecule has 0 amide bonds. The van der Waals surface area contributed by atoms with E-state index < -0.39 is 0 Å². The summed E-state index contributed by atoms with van der Waals surface area (Å²) in [4.78, 5) is 11.6. The lowest BCUT2D eigenvalue weighted by Crippen LogP contribution is -2.31. The highest BCUT2D eigenvalue weighted by Gasteiger charge is 2.37. The summed E-state index contributed by atoms with van der Waals surface area (Å²) < 4.78 is 16.4. The van der Waals surface area contributed by atoms with Crippen molar-refractivity contribution in [1.29, 1.82) is 0 Å². The van der Waals surface area contributed by atoms with E-state index in [1.54, 1.807) is 0 Å². The van der Waals surface area contributed by atoms with Crippen molar-refractivity contribution in [1.82, 2.24) is 0 Å². The SMILES string of the molecule is CCOC(=O)c1ccc(C2=CCC3(CC2)OCCO3)cc1. The summed E-state index contributed by atoms with van der Waals surface area (Å²) in [6, 6.07) is 7.60. The number of carbonyl (C=O) groups is 1. The molecule has 1 aromatic carbocycles. The van der Waals surface area contributed by atoms with Crippen molar-refractivity contribution in [2.75, 3.05) is 19.8 Å². The molecular weight excluding hydrogens is 268 g/mol. The number of carbonyl (C=O) groups excluding carboxylic acids is 1. The number of ether oxygens (including phenoxy) is 3. The van der Waals surface area contributed by atoms with E-state index in [0.717, 1.165) is 24.8 Å². The van der Waals surface area contributed by atoms with E-state index in [9.17, 15) is 4.79 Å². The Balaban J connectivity index is 1.70. The lowest BCUT2D eigenvalue weighted by atomic mass is 9.89. The van der Waals surface area contributed by atoms with E-state index in [2.05, 4.69) is 6.08 Å². The standard InChI is InChI=1S/C17H20O4/c1-2-19-16(18)15-5-3-13(4-6-15)14-7-9-17(10-8-14)20-11-12-21-17/h3-7H,2,8-12H2,1H3. The second kappa shape index (κ2) is 6.00. The largest absolute Gasteiger partial charge is 0.462 e. The predicted octanol–water partition coefficient (Wildman–Crippen LogP) is 3.17. The van der Waals surface area contributed by atoms with Crippen LogP contribution in [0.4, 0.5) is 0 Å². The van der Waals surface area contributed by atoms with Crippen LogP contribution in [0.25, 0.3) is 5.57 Å². The number of rotatable bonds is 3. The first-order valence-corrected chi connectivity index (χ1v) is 7.47. The van der Waals surface area contributed by atoms with Gasteiger partial charge in [0.15, 0.2) is 5.79 Å². The number of benzene rings is 1. The molecule has 1 fully saturated rings. The molecule has 0 saturated carbocycles. The van der Waals surface area contributed by atoms with Gasteiger partial charge in [0.25, 0.3) is 0 Å².